The minimum absolute atomic E-state index is 0.823. The summed E-state index contributed by atoms with van der Waals surface area (Å²) in [5.41, 5.74) is 11.3. The van der Waals surface area contributed by atoms with Gasteiger partial charge in [-0.1, -0.05) is 18.2 Å². The number of rotatable bonds is 2. The fourth-order valence-corrected chi connectivity index (χ4v) is 2.93. The Morgan fingerprint density at radius 2 is 2.00 bits per heavy atom. The zero-order chi connectivity index (χ0) is 13.4. The number of aromatic nitrogens is 2. The van der Waals surface area contributed by atoms with Crippen molar-refractivity contribution in [2.75, 3.05) is 5.73 Å². The van der Waals surface area contributed by atoms with Gasteiger partial charge in [-0.25, -0.2) is 4.98 Å². The number of aromatic amines is 1. The second kappa shape index (κ2) is 4.63. The fraction of sp³-hybridized carbons (Fsp3) is 0.133. The van der Waals surface area contributed by atoms with E-state index in [9.17, 15) is 0 Å². The second-order valence-electron chi connectivity index (χ2n) is 4.65. The van der Waals surface area contributed by atoms with E-state index < -0.39 is 0 Å². The molecule has 3 N–H and O–H groups in total. The summed E-state index contributed by atoms with van der Waals surface area (Å²) in [6.07, 6.45) is 0. The molecule has 0 aliphatic heterocycles. The standard InChI is InChI=1S/C15H15N3S/c1-9-6-7-11-12(8-9)18-15(17-11)19-13-5-3-4-10(2)14(13)16/h3-8H,16H2,1-2H3,(H,17,18). The van der Waals surface area contributed by atoms with Crippen LogP contribution in [0.3, 0.4) is 0 Å². The van der Waals surface area contributed by atoms with E-state index in [-0.39, 0.29) is 0 Å². The maximum Gasteiger partial charge on any atom is 0.171 e. The van der Waals surface area contributed by atoms with E-state index in [0.29, 0.717) is 0 Å². The van der Waals surface area contributed by atoms with Crippen molar-refractivity contribution in [1.29, 1.82) is 0 Å². The predicted octanol–water partition coefficient (Wildman–Crippen LogP) is 3.91. The molecule has 0 amide bonds. The third-order valence-electron chi connectivity index (χ3n) is 3.11. The van der Waals surface area contributed by atoms with Gasteiger partial charge in [0.15, 0.2) is 5.16 Å². The summed E-state index contributed by atoms with van der Waals surface area (Å²) in [7, 11) is 0. The van der Waals surface area contributed by atoms with Crippen molar-refractivity contribution in [1.82, 2.24) is 9.97 Å². The van der Waals surface area contributed by atoms with E-state index in [2.05, 4.69) is 29.0 Å². The van der Waals surface area contributed by atoms with Crippen LogP contribution in [0, 0.1) is 13.8 Å². The van der Waals surface area contributed by atoms with Crippen LogP contribution < -0.4 is 5.73 Å². The Bertz CT molecular complexity index is 746. The van der Waals surface area contributed by atoms with E-state index in [1.54, 1.807) is 11.8 Å². The van der Waals surface area contributed by atoms with Crippen molar-refractivity contribution < 1.29 is 0 Å². The summed E-state index contributed by atoms with van der Waals surface area (Å²) in [5, 5.41) is 0.873. The average molecular weight is 269 g/mol. The van der Waals surface area contributed by atoms with E-state index >= 15 is 0 Å². The Balaban J connectivity index is 1.99. The molecule has 0 bridgehead atoms. The summed E-state index contributed by atoms with van der Waals surface area (Å²) < 4.78 is 0. The Kier molecular flexibility index (Phi) is 2.95. The molecule has 96 valence electrons. The number of fused-ring (bicyclic) bond motifs is 1. The van der Waals surface area contributed by atoms with Gasteiger partial charge < -0.3 is 10.7 Å². The minimum Gasteiger partial charge on any atom is -0.398 e. The lowest BCUT2D eigenvalue weighted by atomic mass is 10.2. The normalized spacial score (nSPS) is 11.1. The largest absolute Gasteiger partial charge is 0.398 e. The number of nitrogen functional groups attached to an aromatic ring is 1. The van der Waals surface area contributed by atoms with Gasteiger partial charge in [0.2, 0.25) is 0 Å². The van der Waals surface area contributed by atoms with Crippen LogP contribution in [0.4, 0.5) is 5.69 Å². The van der Waals surface area contributed by atoms with Gasteiger partial charge in [-0.05, 0) is 54.9 Å². The fourth-order valence-electron chi connectivity index (χ4n) is 2.00. The Morgan fingerprint density at radius 3 is 2.84 bits per heavy atom. The number of para-hydroxylation sites is 1. The number of H-pyrrole nitrogens is 1. The Labute approximate surface area is 116 Å². The Hall–Kier alpha value is -1.94. The van der Waals surface area contributed by atoms with Gasteiger partial charge in [0.05, 0.1) is 11.0 Å². The lowest BCUT2D eigenvalue weighted by molar-refractivity contribution is 1.08. The lowest BCUT2D eigenvalue weighted by Crippen LogP contribution is -1.92. The van der Waals surface area contributed by atoms with Crippen molar-refractivity contribution in [2.24, 2.45) is 0 Å². The van der Waals surface area contributed by atoms with E-state index in [1.165, 1.54) is 5.56 Å². The highest BCUT2D eigenvalue weighted by atomic mass is 32.2. The quantitative estimate of drug-likeness (QED) is 0.693. The first kappa shape index (κ1) is 12.1. The van der Waals surface area contributed by atoms with Crippen molar-refractivity contribution in [3.8, 4) is 0 Å². The number of nitrogens with zero attached hydrogens (tertiary/aromatic N) is 1. The summed E-state index contributed by atoms with van der Waals surface area (Å²) in [6, 6.07) is 12.3. The summed E-state index contributed by atoms with van der Waals surface area (Å²) >= 11 is 1.57. The first-order chi connectivity index (χ1) is 9.13. The van der Waals surface area contributed by atoms with Crippen LogP contribution in [-0.4, -0.2) is 9.97 Å². The number of nitrogens with one attached hydrogen (secondary N) is 1. The van der Waals surface area contributed by atoms with Crippen molar-refractivity contribution in [2.45, 2.75) is 23.9 Å². The van der Waals surface area contributed by atoms with Crippen LogP contribution in [0.2, 0.25) is 0 Å². The lowest BCUT2D eigenvalue weighted by Gasteiger charge is -2.05. The summed E-state index contributed by atoms with van der Waals surface area (Å²) in [4.78, 5) is 8.94. The van der Waals surface area contributed by atoms with Crippen molar-refractivity contribution >= 4 is 28.5 Å². The van der Waals surface area contributed by atoms with E-state index in [0.717, 1.165) is 32.3 Å². The van der Waals surface area contributed by atoms with Gasteiger partial charge in [-0.3, -0.25) is 0 Å². The number of benzene rings is 2. The van der Waals surface area contributed by atoms with Crippen molar-refractivity contribution in [3.63, 3.8) is 0 Å². The zero-order valence-corrected chi connectivity index (χ0v) is 11.7. The molecule has 1 heterocycles. The van der Waals surface area contributed by atoms with Crippen LogP contribution in [-0.2, 0) is 0 Å². The molecule has 0 fully saturated rings. The van der Waals surface area contributed by atoms with Crippen LogP contribution in [0.5, 0.6) is 0 Å². The minimum atomic E-state index is 0.823. The molecular formula is C15H15N3S. The first-order valence-corrected chi connectivity index (χ1v) is 6.94. The number of aryl methyl sites for hydroxylation is 2. The molecule has 0 unspecified atom stereocenters. The van der Waals surface area contributed by atoms with Crippen LogP contribution in [0.1, 0.15) is 11.1 Å². The molecule has 0 radical (unpaired) electrons. The van der Waals surface area contributed by atoms with Crippen LogP contribution in [0.25, 0.3) is 11.0 Å². The zero-order valence-electron chi connectivity index (χ0n) is 10.9. The summed E-state index contributed by atoms with van der Waals surface area (Å²) in [5.74, 6) is 0. The van der Waals surface area contributed by atoms with E-state index in [4.69, 9.17) is 5.73 Å². The number of imidazole rings is 1. The highest BCUT2D eigenvalue weighted by Crippen LogP contribution is 2.32. The van der Waals surface area contributed by atoms with Gasteiger partial charge in [0.1, 0.15) is 0 Å². The highest BCUT2D eigenvalue weighted by Gasteiger charge is 2.08. The van der Waals surface area contributed by atoms with Gasteiger partial charge in [-0.15, -0.1) is 0 Å². The molecule has 0 aliphatic rings. The van der Waals surface area contributed by atoms with E-state index in [1.807, 2.05) is 31.2 Å². The van der Waals surface area contributed by atoms with Gasteiger partial charge in [0.25, 0.3) is 0 Å². The van der Waals surface area contributed by atoms with Crippen LogP contribution >= 0.6 is 11.8 Å². The molecular weight excluding hydrogens is 254 g/mol. The molecule has 4 heteroatoms. The molecule has 0 saturated heterocycles. The smallest absolute Gasteiger partial charge is 0.171 e. The highest BCUT2D eigenvalue weighted by molar-refractivity contribution is 7.99. The van der Waals surface area contributed by atoms with Crippen LogP contribution in [0.15, 0.2) is 46.5 Å². The molecule has 0 spiro atoms. The molecule has 2 aromatic carbocycles. The monoisotopic (exact) mass is 269 g/mol. The summed E-state index contributed by atoms with van der Waals surface area (Å²) in [6.45, 7) is 4.09. The molecule has 1 aromatic heterocycles. The third-order valence-corrected chi connectivity index (χ3v) is 4.07. The molecule has 0 saturated carbocycles. The molecule has 0 aliphatic carbocycles. The van der Waals surface area contributed by atoms with Gasteiger partial charge >= 0.3 is 0 Å². The molecule has 0 atom stereocenters. The first-order valence-electron chi connectivity index (χ1n) is 6.13. The van der Waals surface area contributed by atoms with Gasteiger partial charge in [0, 0.05) is 10.6 Å². The maximum absolute atomic E-state index is 6.09. The number of nitrogens with two attached hydrogens (primary N) is 1. The molecule has 3 rings (SSSR count). The van der Waals surface area contributed by atoms with Crippen molar-refractivity contribution in [3.05, 3.63) is 47.5 Å². The second-order valence-corrected chi connectivity index (χ2v) is 5.68. The SMILES string of the molecule is Cc1ccc2nc(Sc3cccc(C)c3N)[nH]c2c1. The molecule has 3 aromatic rings. The van der Waals surface area contributed by atoms with Gasteiger partial charge in [-0.2, -0.15) is 0 Å². The number of hydrogen-bond donors (Lipinski definition) is 2. The predicted molar refractivity (Wildman–Crippen MR) is 80.5 cm³/mol. The maximum atomic E-state index is 6.09. The third kappa shape index (κ3) is 2.31. The average Bonchev–Trinajstić information content (AvgIpc) is 2.76. The number of anilines is 1. The topological polar surface area (TPSA) is 54.7 Å². The molecule has 3 nitrogen and oxygen atoms in total. The Morgan fingerprint density at radius 1 is 1.16 bits per heavy atom. The molecule has 19 heavy (non-hydrogen) atoms. The number of hydrogen-bond acceptors (Lipinski definition) is 3.